The first-order valence-electron chi connectivity index (χ1n) is 13.1. The molecule has 0 aliphatic heterocycles. The molecule has 0 bridgehead atoms. The number of hydrogen-bond acceptors (Lipinski definition) is 6. The summed E-state index contributed by atoms with van der Waals surface area (Å²) in [6.07, 6.45) is 1.45. The van der Waals surface area contributed by atoms with Crippen LogP contribution in [-0.2, 0) is 21.4 Å². The lowest BCUT2D eigenvalue weighted by molar-refractivity contribution is -0.119. The number of ether oxygens (including phenoxy) is 2. The fourth-order valence-corrected chi connectivity index (χ4v) is 6.18. The Labute approximate surface area is 255 Å². The Morgan fingerprint density at radius 3 is 2.24 bits per heavy atom. The van der Waals surface area contributed by atoms with E-state index in [1.54, 1.807) is 49.4 Å². The van der Waals surface area contributed by atoms with Crippen LogP contribution in [0.5, 0.6) is 11.5 Å². The van der Waals surface area contributed by atoms with Gasteiger partial charge in [0.05, 0.1) is 28.4 Å². The molecule has 0 saturated carbocycles. The minimum atomic E-state index is -4.03. The lowest BCUT2D eigenvalue weighted by Gasteiger charge is -2.25. The summed E-state index contributed by atoms with van der Waals surface area (Å²) >= 11 is 3.53. The van der Waals surface area contributed by atoms with Gasteiger partial charge in [0.1, 0.15) is 13.2 Å². The van der Waals surface area contributed by atoms with Gasteiger partial charge >= 0.3 is 0 Å². The van der Waals surface area contributed by atoms with E-state index >= 15 is 0 Å². The number of aryl methyl sites for hydroxylation is 3. The monoisotopic (exact) mass is 649 g/mol. The number of amides is 1. The van der Waals surface area contributed by atoms with Crippen LogP contribution >= 0.6 is 15.9 Å². The summed E-state index contributed by atoms with van der Waals surface area (Å²) in [5.74, 6) is 0.419. The van der Waals surface area contributed by atoms with Crippen molar-refractivity contribution in [3.05, 3.63) is 117 Å². The molecule has 0 saturated heterocycles. The summed E-state index contributed by atoms with van der Waals surface area (Å²) in [5.41, 5.74) is 7.32. The molecule has 0 aliphatic rings. The molecule has 0 unspecified atom stereocenters. The topological polar surface area (TPSA) is 97.3 Å². The van der Waals surface area contributed by atoms with Crippen molar-refractivity contribution in [2.45, 2.75) is 32.3 Å². The molecular formula is C32H32BrN3O5S. The van der Waals surface area contributed by atoms with Crippen molar-refractivity contribution in [1.29, 1.82) is 0 Å². The molecule has 0 aromatic heterocycles. The van der Waals surface area contributed by atoms with Crippen molar-refractivity contribution in [1.82, 2.24) is 5.43 Å². The number of carbonyl (C=O) groups excluding carboxylic acids is 1. The largest absolute Gasteiger partial charge is 0.493 e. The lowest BCUT2D eigenvalue weighted by atomic mass is 10.2. The SMILES string of the molecule is COc1cc(/C=N\NC(=O)CN(c2ccccc2C)S(=O)(=O)c2ccc(C)cc2)cc(Br)c1OCc1ccc(C)cc1. The molecule has 4 aromatic carbocycles. The number of methoxy groups -OCH3 is 1. The van der Waals surface area contributed by atoms with Gasteiger partial charge in [-0.3, -0.25) is 9.10 Å². The quantitative estimate of drug-likeness (QED) is 0.152. The summed E-state index contributed by atoms with van der Waals surface area (Å²) < 4.78 is 40.5. The summed E-state index contributed by atoms with van der Waals surface area (Å²) in [6.45, 7) is 5.60. The van der Waals surface area contributed by atoms with E-state index in [0.29, 0.717) is 39.4 Å². The van der Waals surface area contributed by atoms with E-state index in [-0.39, 0.29) is 4.90 Å². The fraction of sp³-hybridized carbons (Fsp3) is 0.188. The molecule has 0 radical (unpaired) electrons. The van der Waals surface area contributed by atoms with Gasteiger partial charge in [-0.2, -0.15) is 5.10 Å². The normalized spacial score (nSPS) is 11.4. The molecule has 0 heterocycles. The van der Waals surface area contributed by atoms with Crippen LogP contribution in [0.4, 0.5) is 5.69 Å². The van der Waals surface area contributed by atoms with Gasteiger partial charge in [-0.1, -0.05) is 65.7 Å². The van der Waals surface area contributed by atoms with Gasteiger partial charge in [0, 0.05) is 0 Å². The zero-order valence-electron chi connectivity index (χ0n) is 23.8. The standard InChI is InChI=1S/C32H32BrN3O5S/c1-22-9-13-25(14-10-22)21-41-32-28(33)17-26(18-30(32)40-4)19-34-35-31(37)20-36(29-8-6-5-7-24(29)3)42(38,39)27-15-11-23(2)12-16-27/h5-19H,20-21H2,1-4H3,(H,35,37)/b34-19-. The second-order valence-corrected chi connectivity index (χ2v) is 12.4. The molecule has 4 rings (SSSR count). The highest BCUT2D eigenvalue weighted by Gasteiger charge is 2.28. The maximum Gasteiger partial charge on any atom is 0.264 e. The van der Waals surface area contributed by atoms with Gasteiger partial charge in [0.2, 0.25) is 0 Å². The van der Waals surface area contributed by atoms with Crippen molar-refractivity contribution >= 4 is 43.8 Å². The first-order chi connectivity index (χ1) is 20.1. The Kier molecular flexibility index (Phi) is 10.0. The van der Waals surface area contributed by atoms with E-state index in [1.165, 1.54) is 31.0 Å². The van der Waals surface area contributed by atoms with Crippen molar-refractivity contribution < 1.29 is 22.7 Å². The fourth-order valence-electron chi connectivity index (χ4n) is 4.12. The minimum Gasteiger partial charge on any atom is -0.493 e. The third-order valence-electron chi connectivity index (χ3n) is 6.44. The molecule has 0 aliphatic carbocycles. The Morgan fingerprint density at radius 1 is 0.952 bits per heavy atom. The van der Waals surface area contributed by atoms with Crippen LogP contribution in [-0.4, -0.2) is 34.2 Å². The Hall–Kier alpha value is -4.15. The van der Waals surface area contributed by atoms with E-state index in [2.05, 4.69) is 26.5 Å². The molecule has 4 aromatic rings. The number of benzene rings is 4. The highest BCUT2D eigenvalue weighted by atomic mass is 79.9. The number of nitrogens with one attached hydrogen (secondary N) is 1. The molecule has 218 valence electrons. The van der Waals surface area contributed by atoms with Gasteiger partial charge in [-0.15, -0.1) is 0 Å². The highest BCUT2D eigenvalue weighted by molar-refractivity contribution is 9.10. The summed E-state index contributed by atoms with van der Waals surface area (Å²) in [6, 6.07) is 25.1. The molecule has 1 N–H and O–H groups in total. The first-order valence-corrected chi connectivity index (χ1v) is 15.3. The number of sulfonamides is 1. The predicted octanol–water partition coefficient (Wildman–Crippen LogP) is 6.31. The first kappa shape index (κ1) is 30.8. The third-order valence-corrected chi connectivity index (χ3v) is 8.80. The van der Waals surface area contributed by atoms with Crippen LogP contribution in [0.25, 0.3) is 0 Å². The molecule has 0 fully saturated rings. The number of para-hydroxylation sites is 1. The predicted molar refractivity (Wildman–Crippen MR) is 169 cm³/mol. The number of halogens is 1. The summed E-state index contributed by atoms with van der Waals surface area (Å²) in [5, 5.41) is 4.06. The second-order valence-electron chi connectivity index (χ2n) is 9.71. The molecule has 0 atom stereocenters. The Morgan fingerprint density at radius 2 is 1.60 bits per heavy atom. The zero-order valence-corrected chi connectivity index (χ0v) is 26.2. The Bertz CT molecular complexity index is 1690. The van der Waals surface area contributed by atoms with Crippen molar-refractivity contribution in [3.8, 4) is 11.5 Å². The van der Waals surface area contributed by atoms with Gasteiger partial charge < -0.3 is 9.47 Å². The van der Waals surface area contributed by atoms with E-state index in [4.69, 9.17) is 9.47 Å². The maximum absolute atomic E-state index is 13.6. The molecule has 8 nitrogen and oxygen atoms in total. The minimum absolute atomic E-state index is 0.0919. The number of hydrogen-bond donors (Lipinski definition) is 1. The lowest BCUT2D eigenvalue weighted by Crippen LogP contribution is -2.40. The third kappa shape index (κ3) is 7.57. The number of nitrogens with zero attached hydrogens (tertiary/aromatic N) is 2. The van der Waals surface area contributed by atoms with Gasteiger partial charge in [0.15, 0.2) is 11.5 Å². The smallest absolute Gasteiger partial charge is 0.264 e. The van der Waals surface area contributed by atoms with E-state index in [0.717, 1.165) is 15.4 Å². The number of hydrazone groups is 1. The average molecular weight is 651 g/mol. The van der Waals surface area contributed by atoms with Crippen LogP contribution in [0.2, 0.25) is 0 Å². The molecule has 10 heteroatoms. The van der Waals surface area contributed by atoms with Crippen molar-refractivity contribution in [2.24, 2.45) is 5.10 Å². The maximum atomic E-state index is 13.6. The van der Waals surface area contributed by atoms with Crippen LogP contribution in [0.15, 0.2) is 99.4 Å². The average Bonchev–Trinajstić information content (AvgIpc) is 2.96. The highest BCUT2D eigenvalue weighted by Crippen LogP contribution is 2.37. The zero-order chi connectivity index (χ0) is 30.3. The van der Waals surface area contributed by atoms with E-state index in [1.807, 2.05) is 44.2 Å². The van der Waals surface area contributed by atoms with Crippen molar-refractivity contribution in [2.75, 3.05) is 18.0 Å². The summed E-state index contributed by atoms with van der Waals surface area (Å²) in [4.78, 5) is 13.1. The second kappa shape index (κ2) is 13.7. The van der Waals surface area contributed by atoms with Gasteiger partial charge in [-0.05, 0) is 83.7 Å². The Balaban J connectivity index is 1.49. The van der Waals surface area contributed by atoms with Crippen molar-refractivity contribution in [3.63, 3.8) is 0 Å². The van der Waals surface area contributed by atoms with E-state index in [9.17, 15) is 13.2 Å². The molecule has 1 amide bonds. The number of rotatable bonds is 11. The van der Waals surface area contributed by atoms with Crippen LogP contribution in [0.3, 0.4) is 0 Å². The number of anilines is 1. The van der Waals surface area contributed by atoms with Gasteiger partial charge in [-0.25, -0.2) is 13.8 Å². The van der Waals surface area contributed by atoms with E-state index < -0.39 is 22.5 Å². The molecular weight excluding hydrogens is 618 g/mol. The summed E-state index contributed by atoms with van der Waals surface area (Å²) in [7, 11) is -2.49. The molecule has 0 spiro atoms. The molecule has 42 heavy (non-hydrogen) atoms. The van der Waals surface area contributed by atoms with Crippen LogP contribution in [0, 0.1) is 20.8 Å². The van der Waals surface area contributed by atoms with Gasteiger partial charge in [0.25, 0.3) is 15.9 Å². The van der Waals surface area contributed by atoms with Crippen LogP contribution < -0.4 is 19.2 Å². The number of carbonyl (C=O) groups is 1. The van der Waals surface area contributed by atoms with Crippen LogP contribution in [0.1, 0.15) is 27.8 Å².